The van der Waals surface area contributed by atoms with E-state index in [1.165, 1.54) is 42.4 Å². The molecular weight excluding hydrogens is 268 g/mol. The maximum atomic E-state index is 3.73. The summed E-state index contributed by atoms with van der Waals surface area (Å²) in [6, 6.07) is 9.25. The zero-order valence-corrected chi connectivity index (χ0v) is 13.7. The van der Waals surface area contributed by atoms with Crippen molar-refractivity contribution in [1.82, 2.24) is 10.2 Å². The molecule has 112 valence electrons. The SMILES string of the molecule is Cc1cc(C)cc(CN(C)C2CC3CCC(C2)N3)c1.Cl. The Morgan fingerprint density at radius 1 is 1.05 bits per heavy atom. The number of benzene rings is 1. The van der Waals surface area contributed by atoms with Gasteiger partial charge in [0.1, 0.15) is 0 Å². The highest BCUT2D eigenvalue weighted by Crippen LogP contribution is 2.29. The van der Waals surface area contributed by atoms with Crippen LogP contribution in [0.5, 0.6) is 0 Å². The van der Waals surface area contributed by atoms with Crippen LogP contribution in [0.3, 0.4) is 0 Å². The summed E-state index contributed by atoms with van der Waals surface area (Å²) in [6.07, 6.45) is 5.44. The Morgan fingerprint density at radius 3 is 2.15 bits per heavy atom. The van der Waals surface area contributed by atoms with E-state index in [2.05, 4.69) is 49.3 Å². The van der Waals surface area contributed by atoms with Crippen molar-refractivity contribution in [3.63, 3.8) is 0 Å². The average Bonchev–Trinajstić information content (AvgIpc) is 2.66. The Morgan fingerprint density at radius 2 is 1.60 bits per heavy atom. The van der Waals surface area contributed by atoms with Gasteiger partial charge in [0.2, 0.25) is 0 Å². The first kappa shape index (κ1) is 15.8. The normalized spacial score (nSPS) is 28.5. The third kappa shape index (κ3) is 3.55. The molecule has 3 heteroatoms. The number of halogens is 1. The zero-order chi connectivity index (χ0) is 13.4. The van der Waals surface area contributed by atoms with Crippen LogP contribution < -0.4 is 5.32 Å². The minimum atomic E-state index is 0. The lowest BCUT2D eigenvalue weighted by Crippen LogP contribution is -2.46. The summed E-state index contributed by atoms with van der Waals surface area (Å²) >= 11 is 0. The topological polar surface area (TPSA) is 15.3 Å². The summed E-state index contributed by atoms with van der Waals surface area (Å²) in [5.74, 6) is 0. The summed E-state index contributed by atoms with van der Waals surface area (Å²) in [5, 5.41) is 3.73. The lowest BCUT2D eigenvalue weighted by atomic mass is 9.97. The standard InChI is InChI=1S/C17H26N2.ClH/c1-12-6-13(2)8-14(7-12)11-19(3)17-9-15-4-5-16(10-17)18-15;/h6-8,15-18H,4-5,9-11H2,1-3H3;1H. The molecule has 2 unspecified atom stereocenters. The first-order valence-corrected chi connectivity index (χ1v) is 7.63. The summed E-state index contributed by atoms with van der Waals surface area (Å²) < 4.78 is 0. The van der Waals surface area contributed by atoms with Crippen LogP contribution in [0, 0.1) is 13.8 Å². The van der Waals surface area contributed by atoms with Gasteiger partial charge in [-0.05, 0) is 52.1 Å². The number of nitrogens with one attached hydrogen (secondary N) is 1. The van der Waals surface area contributed by atoms with Gasteiger partial charge in [0.25, 0.3) is 0 Å². The molecule has 2 nitrogen and oxygen atoms in total. The molecule has 2 saturated heterocycles. The van der Waals surface area contributed by atoms with Crippen LogP contribution in [0.4, 0.5) is 0 Å². The van der Waals surface area contributed by atoms with Crippen molar-refractivity contribution in [2.24, 2.45) is 0 Å². The summed E-state index contributed by atoms with van der Waals surface area (Å²) in [4.78, 5) is 2.57. The van der Waals surface area contributed by atoms with Crippen LogP contribution >= 0.6 is 12.4 Å². The van der Waals surface area contributed by atoms with Gasteiger partial charge in [0.15, 0.2) is 0 Å². The molecule has 2 heterocycles. The van der Waals surface area contributed by atoms with Crippen molar-refractivity contribution in [1.29, 1.82) is 0 Å². The Balaban J connectivity index is 0.00000147. The molecule has 2 aliphatic heterocycles. The van der Waals surface area contributed by atoms with Gasteiger partial charge in [-0.1, -0.05) is 29.3 Å². The van der Waals surface area contributed by atoms with Crippen LogP contribution in [0.1, 0.15) is 42.4 Å². The Bertz CT molecular complexity index is 428. The highest BCUT2D eigenvalue weighted by atomic mass is 35.5. The molecule has 2 atom stereocenters. The van der Waals surface area contributed by atoms with Gasteiger partial charge in [-0.2, -0.15) is 0 Å². The van der Waals surface area contributed by atoms with Crippen molar-refractivity contribution in [3.05, 3.63) is 34.9 Å². The molecule has 3 rings (SSSR count). The Labute approximate surface area is 129 Å². The van der Waals surface area contributed by atoms with E-state index in [1.807, 2.05) is 0 Å². The van der Waals surface area contributed by atoms with Gasteiger partial charge in [-0.15, -0.1) is 12.4 Å². The number of hydrogen-bond donors (Lipinski definition) is 1. The maximum Gasteiger partial charge on any atom is 0.0233 e. The second kappa shape index (κ2) is 6.46. The highest BCUT2D eigenvalue weighted by Gasteiger charge is 2.34. The maximum absolute atomic E-state index is 3.73. The van der Waals surface area contributed by atoms with Gasteiger partial charge in [-0.25, -0.2) is 0 Å². The van der Waals surface area contributed by atoms with Crippen molar-refractivity contribution in [3.8, 4) is 0 Å². The second-order valence-electron chi connectivity index (χ2n) is 6.67. The highest BCUT2D eigenvalue weighted by molar-refractivity contribution is 5.85. The summed E-state index contributed by atoms with van der Waals surface area (Å²) in [5.41, 5.74) is 4.23. The number of fused-ring (bicyclic) bond motifs is 2. The molecule has 1 aromatic carbocycles. The second-order valence-corrected chi connectivity index (χ2v) is 6.67. The van der Waals surface area contributed by atoms with Crippen LogP contribution in [-0.4, -0.2) is 30.1 Å². The van der Waals surface area contributed by atoms with Gasteiger partial charge < -0.3 is 5.32 Å². The van der Waals surface area contributed by atoms with E-state index in [9.17, 15) is 0 Å². The number of hydrogen-bond acceptors (Lipinski definition) is 2. The quantitative estimate of drug-likeness (QED) is 0.919. The smallest absolute Gasteiger partial charge is 0.0233 e. The molecule has 1 N–H and O–H groups in total. The lowest BCUT2D eigenvalue weighted by molar-refractivity contribution is 0.166. The Kier molecular flexibility index (Phi) is 5.11. The molecule has 2 aliphatic rings. The first-order chi connectivity index (χ1) is 9.10. The number of aryl methyl sites for hydroxylation is 2. The molecular formula is C17H27ClN2. The fourth-order valence-electron chi connectivity index (χ4n) is 3.96. The molecule has 1 aromatic rings. The van der Waals surface area contributed by atoms with E-state index in [4.69, 9.17) is 0 Å². The molecule has 0 radical (unpaired) electrons. The molecule has 0 saturated carbocycles. The number of rotatable bonds is 3. The van der Waals surface area contributed by atoms with Crippen LogP contribution in [0.15, 0.2) is 18.2 Å². The molecule has 0 aliphatic carbocycles. The molecule has 0 spiro atoms. The van der Waals surface area contributed by atoms with Crippen LogP contribution in [-0.2, 0) is 6.54 Å². The first-order valence-electron chi connectivity index (χ1n) is 7.63. The predicted molar refractivity (Wildman–Crippen MR) is 87.6 cm³/mol. The molecule has 0 aromatic heterocycles. The average molecular weight is 295 g/mol. The number of piperidine rings is 1. The molecule has 2 fully saturated rings. The van der Waals surface area contributed by atoms with Crippen LogP contribution in [0.2, 0.25) is 0 Å². The fourth-order valence-corrected chi connectivity index (χ4v) is 3.96. The summed E-state index contributed by atoms with van der Waals surface area (Å²) in [7, 11) is 2.30. The summed E-state index contributed by atoms with van der Waals surface area (Å²) in [6.45, 7) is 5.48. The van der Waals surface area contributed by atoms with E-state index in [0.29, 0.717) is 0 Å². The van der Waals surface area contributed by atoms with Crippen molar-refractivity contribution >= 4 is 12.4 Å². The zero-order valence-electron chi connectivity index (χ0n) is 12.9. The van der Waals surface area contributed by atoms with Gasteiger partial charge in [0.05, 0.1) is 0 Å². The largest absolute Gasteiger partial charge is 0.311 e. The van der Waals surface area contributed by atoms with Gasteiger partial charge >= 0.3 is 0 Å². The van der Waals surface area contributed by atoms with Gasteiger partial charge in [0, 0.05) is 24.7 Å². The fraction of sp³-hybridized carbons (Fsp3) is 0.647. The molecule has 0 amide bonds. The van der Waals surface area contributed by atoms with Crippen molar-refractivity contribution in [2.45, 2.75) is 64.2 Å². The van der Waals surface area contributed by atoms with Crippen LogP contribution in [0.25, 0.3) is 0 Å². The third-order valence-electron chi connectivity index (χ3n) is 4.78. The van der Waals surface area contributed by atoms with E-state index in [0.717, 1.165) is 24.7 Å². The third-order valence-corrected chi connectivity index (χ3v) is 4.78. The van der Waals surface area contributed by atoms with Crippen molar-refractivity contribution in [2.75, 3.05) is 7.05 Å². The minimum absolute atomic E-state index is 0. The van der Waals surface area contributed by atoms with E-state index in [1.54, 1.807) is 0 Å². The number of nitrogens with zero attached hydrogens (tertiary/aromatic N) is 1. The lowest BCUT2D eigenvalue weighted by Gasteiger charge is -2.35. The van der Waals surface area contributed by atoms with E-state index >= 15 is 0 Å². The predicted octanol–water partition coefficient (Wildman–Crippen LogP) is 3.44. The molecule has 2 bridgehead atoms. The van der Waals surface area contributed by atoms with Gasteiger partial charge in [-0.3, -0.25) is 4.90 Å². The Hall–Kier alpha value is -0.570. The van der Waals surface area contributed by atoms with E-state index < -0.39 is 0 Å². The monoisotopic (exact) mass is 294 g/mol. The minimum Gasteiger partial charge on any atom is -0.311 e. The van der Waals surface area contributed by atoms with E-state index in [-0.39, 0.29) is 12.4 Å². The van der Waals surface area contributed by atoms with Crippen molar-refractivity contribution < 1.29 is 0 Å². The molecule has 20 heavy (non-hydrogen) atoms.